The van der Waals surface area contributed by atoms with E-state index in [9.17, 15) is 24.3 Å². The molecule has 5 fully saturated rings. The van der Waals surface area contributed by atoms with Gasteiger partial charge in [0.2, 0.25) is 0 Å². The van der Waals surface area contributed by atoms with E-state index in [0.29, 0.717) is 19.3 Å². The molecule has 2 aliphatic carbocycles. The molecule has 3 heterocycles. The molecule has 0 aromatic carbocycles. The van der Waals surface area contributed by atoms with Crippen LogP contribution in [0.5, 0.6) is 0 Å². The van der Waals surface area contributed by atoms with E-state index in [-0.39, 0.29) is 65.6 Å². The Morgan fingerprint density at radius 3 is 2.23 bits per heavy atom. The summed E-state index contributed by atoms with van der Waals surface area (Å²) in [6, 6.07) is 0. The molecule has 0 aromatic heterocycles. The number of fused-ring (bicyclic) bond motifs is 4. The number of hydrogen-bond acceptors (Lipinski definition) is 9. The molecule has 39 heavy (non-hydrogen) atoms. The third-order valence-electron chi connectivity index (χ3n) is 10.2. The van der Waals surface area contributed by atoms with Crippen LogP contribution in [0.1, 0.15) is 74.1 Å². The second-order valence-electron chi connectivity index (χ2n) is 14.0. The van der Waals surface area contributed by atoms with Crippen molar-refractivity contribution in [1.82, 2.24) is 0 Å². The fraction of sp³-hybridized carbons (Fsp3) is 0.867. The van der Waals surface area contributed by atoms with Crippen LogP contribution in [-0.4, -0.2) is 59.0 Å². The van der Waals surface area contributed by atoms with Gasteiger partial charge in [-0.25, -0.2) is 0 Å². The van der Waals surface area contributed by atoms with Crippen LogP contribution in [0.25, 0.3) is 0 Å². The molecular formula is C30H44O9. The monoisotopic (exact) mass is 548 g/mol. The predicted molar refractivity (Wildman–Crippen MR) is 138 cm³/mol. The van der Waals surface area contributed by atoms with E-state index in [1.54, 1.807) is 20.8 Å². The quantitative estimate of drug-likeness (QED) is 0.290. The zero-order chi connectivity index (χ0) is 28.5. The summed E-state index contributed by atoms with van der Waals surface area (Å²) < 4.78 is 23.0. The summed E-state index contributed by atoms with van der Waals surface area (Å²) >= 11 is 0. The lowest BCUT2D eigenvalue weighted by molar-refractivity contribution is -0.166. The number of ether oxygens (including phenoxy) is 4. The lowest BCUT2D eigenvalue weighted by atomic mass is 9.57. The van der Waals surface area contributed by atoms with Crippen LogP contribution < -0.4 is 0 Å². The van der Waals surface area contributed by atoms with Crippen LogP contribution in [0, 0.1) is 59.2 Å². The van der Waals surface area contributed by atoms with Gasteiger partial charge in [-0.3, -0.25) is 19.2 Å². The number of rotatable bonds is 7. The molecule has 3 aliphatic heterocycles. The Morgan fingerprint density at radius 2 is 1.67 bits per heavy atom. The zero-order valence-electron chi connectivity index (χ0n) is 24.1. The minimum absolute atomic E-state index is 0.00339. The van der Waals surface area contributed by atoms with Gasteiger partial charge in [0.25, 0.3) is 0 Å². The van der Waals surface area contributed by atoms with E-state index >= 15 is 0 Å². The molecule has 5 rings (SSSR count). The molecule has 9 heteroatoms. The molecule has 0 amide bonds. The summed E-state index contributed by atoms with van der Waals surface area (Å²) in [4.78, 5) is 52.0. The second kappa shape index (κ2) is 10.1. The first-order chi connectivity index (χ1) is 18.2. The van der Waals surface area contributed by atoms with Crippen molar-refractivity contribution in [2.45, 2.75) is 104 Å². The van der Waals surface area contributed by atoms with Crippen LogP contribution in [0.4, 0.5) is 0 Å². The minimum Gasteiger partial charge on any atom is -0.462 e. The summed E-state index contributed by atoms with van der Waals surface area (Å²) in [6.07, 6.45) is 1.01. The van der Waals surface area contributed by atoms with Crippen LogP contribution in [0.2, 0.25) is 0 Å². The molecule has 3 saturated heterocycles. The maximum atomic E-state index is 13.3. The molecule has 2 saturated carbocycles. The van der Waals surface area contributed by atoms with Gasteiger partial charge in [0.15, 0.2) is 0 Å². The summed E-state index contributed by atoms with van der Waals surface area (Å²) in [5, 5.41) is 9.69. The molecule has 0 radical (unpaired) electrons. The van der Waals surface area contributed by atoms with Crippen LogP contribution >= 0.6 is 0 Å². The number of aliphatic hydroxyl groups is 1. The Labute approximate surface area is 230 Å². The highest BCUT2D eigenvalue weighted by atomic mass is 16.6. The highest BCUT2D eigenvalue weighted by Gasteiger charge is 2.68. The Kier molecular flexibility index (Phi) is 7.41. The van der Waals surface area contributed by atoms with Crippen LogP contribution in [0.3, 0.4) is 0 Å². The van der Waals surface area contributed by atoms with E-state index in [4.69, 9.17) is 18.9 Å². The van der Waals surface area contributed by atoms with Crippen molar-refractivity contribution in [3.8, 4) is 0 Å². The number of aliphatic hydroxyl groups excluding tert-OH is 1. The Balaban J connectivity index is 1.42. The Hall–Kier alpha value is -2.00. The summed E-state index contributed by atoms with van der Waals surface area (Å²) in [7, 11) is 0. The van der Waals surface area contributed by atoms with Crippen molar-refractivity contribution in [1.29, 1.82) is 0 Å². The Morgan fingerprint density at radius 1 is 0.974 bits per heavy atom. The highest BCUT2D eigenvalue weighted by Crippen LogP contribution is 2.66. The molecule has 9 nitrogen and oxygen atoms in total. The van der Waals surface area contributed by atoms with Gasteiger partial charge in [-0.1, -0.05) is 13.8 Å². The highest BCUT2D eigenvalue weighted by molar-refractivity contribution is 5.96. The molecule has 218 valence electrons. The fourth-order valence-electron chi connectivity index (χ4n) is 8.87. The number of carbonyl (C=O) groups excluding carboxylic acids is 4. The number of hydrogen-bond donors (Lipinski definition) is 1. The van der Waals surface area contributed by atoms with Crippen molar-refractivity contribution < 1.29 is 43.2 Å². The van der Waals surface area contributed by atoms with Crippen molar-refractivity contribution in [2.75, 3.05) is 0 Å². The minimum atomic E-state index is -0.620. The summed E-state index contributed by atoms with van der Waals surface area (Å²) in [6.45, 7) is 12.9. The lowest BCUT2D eigenvalue weighted by Crippen LogP contribution is -2.49. The van der Waals surface area contributed by atoms with Gasteiger partial charge in [0.1, 0.15) is 11.7 Å². The molecule has 14 atom stereocenters. The van der Waals surface area contributed by atoms with Crippen molar-refractivity contribution in [2.24, 2.45) is 59.2 Å². The molecule has 4 bridgehead atoms. The largest absolute Gasteiger partial charge is 0.462 e. The van der Waals surface area contributed by atoms with E-state index in [1.807, 2.05) is 20.8 Å². The third-order valence-corrected chi connectivity index (χ3v) is 10.2. The second-order valence-corrected chi connectivity index (χ2v) is 14.0. The topological polar surface area (TPSA) is 125 Å². The van der Waals surface area contributed by atoms with Gasteiger partial charge in [0, 0.05) is 6.42 Å². The summed E-state index contributed by atoms with van der Waals surface area (Å²) in [5.74, 6) is -3.46. The first-order valence-corrected chi connectivity index (χ1v) is 14.7. The molecule has 0 spiro atoms. The normalized spacial score (nSPS) is 44.4. The van der Waals surface area contributed by atoms with Crippen molar-refractivity contribution in [3.05, 3.63) is 0 Å². The molecular weight excluding hydrogens is 504 g/mol. The van der Waals surface area contributed by atoms with Gasteiger partial charge >= 0.3 is 23.9 Å². The third kappa shape index (κ3) is 5.03. The first-order valence-electron chi connectivity index (χ1n) is 14.7. The molecule has 14 unspecified atom stereocenters. The van der Waals surface area contributed by atoms with Gasteiger partial charge in [0.05, 0.1) is 42.0 Å². The Bertz CT molecular complexity index is 1010. The SMILES string of the molecule is CC(O)CC(C)OC(=O)C1CC2OC1C(C1C3CC(C(=O)OC(C)(C)C)C(C3)C1C1C(=O)OC(=O)C1C)C2C. The average molecular weight is 549 g/mol. The van der Waals surface area contributed by atoms with Gasteiger partial charge in [-0.15, -0.1) is 0 Å². The molecule has 5 aliphatic rings. The predicted octanol–water partition coefficient (Wildman–Crippen LogP) is 3.29. The standard InChI is InChI=1S/C30H44O9/c1-12(31)8-13(2)36-27(33)19-11-20-14(3)21(25(19)37-20)23-16-9-17(18(10-16)28(34)39-30(5,6)7)24(23)22-15(4)26(32)38-29(22)35/h12-25,31H,8-11H2,1-7H3. The van der Waals surface area contributed by atoms with Gasteiger partial charge in [-0.05, 0) is 89.4 Å². The van der Waals surface area contributed by atoms with Crippen molar-refractivity contribution in [3.63, 3.8) is 0 Å². The van der Waals surface area contributed by atoms with Crippen LogP contribution in [0.15, 0.2) is 0 Å². The smallest absolute Gasteiger partial charge is 0.317 e. The van der Waals surface area contributed by atoms with Gasteiger partial charge in [-0.2, -0.15) is 0 Å². The average Bonchev–Trinajstić information content (AvgIpc) is 3.59. The lowest BCUT2D eigenvalue weighted by Gasteiger charge is -2.45. The number of cyclic esters (lactones) is 2. The molecule has 0 aromatic rings. The van der Waals surface area contributed by atoms with E-state index < -0.39 is 47.5 Å². The molecule has 1 N–H and O–H groups in total. The van der Waals surface area contributed by atoms with Crippen LogP contribution in [-0.2, 0) is 38.1 Å². The number of esters is 4. The van der Waals surface area contributed by atoms with E-state index in [1.165, 1.54) is 0 Å². The summed E-state index contributed by atoms with van der Waals surface area (Å²) in [5.41, 5.74) is -0.616. The first kappa shape index (κ1) is 28.5. The van der Waals surface area contributed by atoms with Crippen molar-refractivity contribution >= 4 is 23.9 Å². The zero-order valence-corrected chi connectivity index (χ0v) is 24.1. The fourth-order valence-corrected chi connectivity index (χ4v) is 8.87. The maximum Gasteiger partial charge on any atom is 0.317 e. The number of carbonyl (C=O) groups is 4. The van der Waals surface area contributed by atoms with Gasteiger partial charge < -0.3 is 24.1 Å². The maximum absolute atomic E-state index is 13.3. The van der Waals surface area contributed by atoms with E-state index in [0.717, 1.165) is 6.42 Å². The van der Waals surface area contributed by atoms with E-state index in [2.05, 4.69) is 6.92 Å².